The monoisotopic (exact) mass is 417 g/mol. The number of nitrogens with zero attached hydrogens (tertiary/aromatic N) is 1. The van der Waals surface area contributed by atoms with Crippen molar-refractivity contribution < 1.29 is 8.42 Å². The molecule has 2 aromatic rings. The fourth-order valence-corrected chi connectivity index (χ4v) is 4.43. The molecule has 0 unspecified atom stereocenters. The predicted octanol–water partition coefficient (Wildman–Crippen LogP) is 4.35. The molecular formula is C14H13Br2NO2S. The van der Waals surface area contributed by atoms with Crippen molar-refractivity contribution in [2.75, 3.05) is 11.4 Å². The standard InChI is InChI=1S/C14H13Br2NO2S/c1-10-4-3-5-12(8-10)17(2)20(18,19)14-9-11(15)6-7-13(14)16/h3-9H,1-2H3. The van der Waals surface area contributed by atoms with Gasteiger partial charge in [0, 0.05) is 16.0 Å². The Kier molecular flexibility index (Phi) is 4.56. The number of aryl methyl sites for hydroxylation is 1. The summed E-state index contributed by atoms with van der Waals surface area (Å²) in [5, 5.41) is 0. The summed E-state index contributed by atoms with van der Waals surface area (Å²) in [6.07, 6.45) is 0. The quantitative estimate of drug-likeness (QED) is 0.743. The van der Waals surface area contributed by atoms with Crippen molar-refractivity contribution in [3.8, 4) is 0 Å². The maximum Gasteiger partial charge on any atom is 0.265 e. The van der Waals surface area contributed by atoms with Gasteiger partial charge in [0.05, 0.1) is 5.69 Å². The first-order valence-electron chi connectivity index (χ1n) is 5.83. The Balaban J connectivity index is 2.52. The lowest BCUT2D eigenvalue weighted by Crippen LogP contribution is -2.26. The molecule has 0 amide bonds. The van der Waals surface area contributed by atoms with Crippen LogP contribution in [0.3, 0.4) is 0 Å². The zero-order valence-electron chi connectivity index (χ0n) is 11.0. The van der Waals surface area contributed by atoms with E-state index in [0.717, 1.165) is 10.0 Å². The van der Waals surface area contributed by atoms with Crippen LogP contribution < -0.4 is 4.31 Å². The van der Waals surface area contributed by atoms with Crippen molar-refractivity contribution >= 4 is 47.6 Å². The second kappa shape index (κ2) is 5.87. The molecule has 0 aliphatic carbocycles. The summed E-state index contributed by atoms with van der Waals surface area (Å²) in [6, 6.07) is 12.5. The number of benzene rings is 2. The fraction of sp³-hybridized carbons (Fsp3) is 0.143. The molecule has 0 N–H and O–H groups in total. The highest BCUT2D eigenvalue weighted by Crippen LogP contribution is 2.30. The van der Waals surface area contributed by atoms with Crippen LogP contribution in [0, 0.1) is 6.92 Å². The van der Waals surface area contributed by atoms with Gasteiger partial charge in [0.2, 0.25) is 0 Å². The minimum Gasteiger partial charge on any atom is -0.269 e. The largest absolute Gasteiger partial charge is 0.269 e. The van der Waals surface area contributed by atoms with E-state index >= 15 is 0 Å². The molecular weight excluding hydrogens is 406 g/mol. The van der Waals surface area contributed by atoms with Crippen molar-refractivity contribution in [1.82, 2.24) is 0 Å². The van der Waals surface area contributed by atoms with Gasteiger partial charge in [-0.2, -0.15) is 0 Å². The van der Waals surface area contributed by atoms with E-state index in [9.17, 15) is 8.42 Å². The Labute approximate surface area is 135 Å². The lowest BCUT2D eigenvalue weighted by Gasteiger charge is -2.20. The molecule has 106 valence electrons. The van der Waals surface area contributed by atoms with Gasteiger partial charge in [0.1, 0.15) is 4.90 Å². The van der Waals surface area contributed by atoms with Crippen LogP contribution in [0.15, 0.2) is 56.3 Å². The molecule has 0 saturated heterocycles. The van der Waals surface area contributed by atoms with Gasteiger partial charge in [-0.1, -0.05) is 28.1 Å². The lowest BCUT2D eigenvalue weighted by molar-refractivity contribution is 0.594. The molecule has 3 nitrogen and oxygen atoms in total. The van der Waals surface area contributed by atoms with Crippen LogP contribution in [0.4, 0.5) is 5.69 Å². The third kappa shape index (κ3) is 3.07. The van der Waals surface area contributed by atoms with E-state index in [1.807, 2.05) is 25.1 Å². The fourth-order valence-electron chi connectivity index (χ4n) is 1.79. The molecule has 0 bridgehead atoms. The zero-order chi connectivity index (χ0) is 14.9. The maximum absolute atomic E-state index is 12.7. The molecule has 0 spiro atoms. The highest BCUT2D eigenvalue weighted by atomic mass is 79.9. The van der Waals surface area contributed by atoms with E-state index < -0.39 is 10.0 Å². The van der Waals surface area contributed by atoms with Crippen LogP contribution in [0.5, 0.6) is 0 Å². The predicted molar refractivity (Wildman–Crippen MR) is 88.6 cm³/mol. The summed E-state index contributed by atoms with van der Waals surface area (Å²) in [4.78, 5) is 0.232. The van der Waals surface area contributed by atoms with Crippen LogP contribution in [-0.4, -0.2) is 15.5 Å². The van der Waals surface area contributed by atoms with Crippen molar-refractivity contribution in [3.05, 3.63) is 57.0 Å². The minimum absolute atomic E-state index is 0.232. The Hall–Kier alpha value is -0.850. The summed E-state index contributed by atoms with van der Waals surface area (Å²) in [5.41, 5.74) is 1.65. The number of hydrogen-bond acceptors (Lipinski definition) is 2. The van der Waals surface area contributed by atoms with Crippen LogP contribution >= 0.6 is 31.9 Å². The topological polar surface area (TPSA) is 37.4 Å². The van der Waals surface area contributed by atoms with Crippen LogP contribution in [-0.2, 0) is 10.0 Å². The minimum atomic E-state index is -3.61. The molecule has 20 heavy (non-hydrogen) atoms. The van der Waals surface area contributed by atoms with Gasteiger partial charge in [0.25, 0.3) is 10.0 Å². The molecule has 0 fully saturated rings. The average molecular weight is 419 g/mol. The first kappa shape index (κ1) is 15.5. The first-order chi connectivity index (χ1) is 9.32. The average Bonchev–Trinajstić information content (AvgIpc) is 2.40. The van der Waals surface area contributed by atoms with Gasteiger partial charge in [-0.05, 0) is 58.7 Å². The number of sulfonamides is 1. The van der Waals surface area contributed by atoms with E-state index in [1.54, 1.807) is 31.3 Å². The number of rotatable bonds is 3. The molecule has 0 aliphatic rings. The summed E-state index contributed by atoms with van der Waals surface area (Å²) in [7, 11) is -2.05. The third-order valence-electron chi connectivity index (χ3n) is 2.90. The van der Waals surface area contributed by atoms with E-state index in [2.05, 4.69) is 31.9 Å². The van der Waals surface area contributed by atoms with Gasteiger partial charge >= 0.3 is 0 Å². The van der Waals surface area contributed by atoms with Crippen molar-refractivity contribution in [2.24, 2.45) is 0 Å². The van der Waals surface area contributed by atoms with Gasteiger partial charge in [-0.25, -0.2) is 8.42 Å². The lowest BCUT2D eigenvalue weighted by atomic mass is 10.2. The second-order valence-electron chi connectivity index (χ2n) is 4.39. The SMILES string of the molecule is Cc1cccc(N(C)S(=O)(=O)c2cc(Br)ccc2Br)c1. The van der Waals surface area contributed by atoms with Crippen LogP contribution in [0.25, 0.3) is 0 Å². The molecule has 2 aromatic carbocycles. The van der Waals surface area contributed by atoms with Crippen LogP contribution in [0.2, 0.25) is 0 Å². The highest BCUT2D eigenvalue weighted by Gasteiger charge is 2.24. The molecule has 0 heterocycles. The summed E-state index contributed by atoms with van der Waals surface area (Å²) in [6.45, 7) is 1.93. The van der Waals surface area contributed by atoms with Crippen molar-refractivity contribution in [1.29, 1.82) is 0 Å². The summed E-state index contributed by atoms with van der Waals surface area (Å²) in [5.74, 6) is 0. The Morgan fingerprint density at radius 3 is 2.40 bits per heavy atom. The molecule has 6 heteroatoms. The third-order valence-corrected chi connectivity index (χ3v) is 6.17. The Bertz CT molecular complexity index is 745. The van der Waals surface area contributed by atoms with Gasteiger partial charge in [-0.15, -0.1) is 0 Å². The van der Waals surface area contributed by atoms with Gasteiger partial charge in [-0.3, -0.25) is 4.31 Å². The molecule has 0 saturated carbocycles. The number of hydrogen-bond donors (Lipinski definition) is 0. The zero-order valence-corrected chi connectivity index (χ0v) is 15.0. The molecule has 0 radical (unpaired) electrons. The first-order valence-corrected chi connectivity index (χ1v) is 8.85. The van der Waals surface area contributed by atoms with Gasteiger partial charge in [0.15, 0.2) is 0 Å². The van der Waals surface area contributed by atoms with Gasteiger partial charge < -0.3 is 0 Å². The van der Waals surface area contributed by atoms with E-state index in [1.165, 1.54) is 4.31 Å². The highest BCUT2D eigenvalue weighted by molar-refractivity contribution is 9.11. The Morgan fingerprint density at radius 2 is 1.75 bits per heavy atom. The maximum atomic E-state index is 12.7. The molecule has 0 aromatic heterocycles. The van der Waals surface area contributed by atoms with E-state index in [4.69, 9.17) is 0 Å². The normalized spacial score (nSPS) is 11.4. The smallest absolute Gasteiger partial charge is 0.265 e. The molecule has 0 atom stereocenters. The van der Waals surface area contributed by atoms with Crippen molar-refractivity contribution in [2.45, 2.75) is 11.8 Å². The van der Waals surface area contributed by atoms with E-state index in [-0.39, 0.29) is 4.90 Å². The van der Waals surface area contributed by atoms with E-state index in [0.29, 0.717) is 10.2 Å². The summed E-state index contributed by atoms with van der Waals surface area (Å²) < 4.78 is 27.9. The Morgan fingerprint density at radius 1 is 1.05 bits per heavy atom. The summed E-state index contributed by atoms with van der Waals surface area (Å²) >= 11 is 6.60. The van der Waals surface area contributed by atoms with Crippen molar-refractivity contribution in [3.63, 3.8) is 0 Å². The molecule has 0 aliphatic heterocycles. The number of halogens is 2. The second-order valence-corrected chi connectivity index (χ2v) is 8.09. The number of anilines is 1. The molecule has 2 rings (SSSR count). The van der Waals surface area contributed by atoms with Crippen LogP contribution in [0.1, 0.15) is 5.56 Å².